The van der Waals surface area contributed by atoms with E-state index in [1.54, 1.807) is 0 Å². The summed E-state index contributed by atoms with van der Waals surface area (Å²) < 4.78 is 5.54. The van der Waals surface area contributed by atoms with Gasteiger partial charge in [-0.3, -0.25) is 4.90 Å². The van der Waals surface area contributed by atoms with Crippen molar-refractivity contribution in [3.8, 4) is 0 Å². The van der Waals surface area contributed by atoms with Crippen molar-refractivity contribution in [3.63, 3.8) is 0 Å². The number of rotatable bonds is 6. The third-order valence-electron chi connectivity index (χ3n) is 4.83. The Hall–Kier alpha value is -0.810. The van der Waals surface area contributed by atoms with Gasteiger partial charge >= 0.3 is 0 Å². The maximum Gasteiger partial charge on any atom is 0.0594 e. The Bertz CT molecular complexity index is 505. The maximum atomic E-state index is 5.54. The van der Waals surface area contributed by atoms with Crippen molar-refractivity contribution in [1.82, 2.24) is 10.2 Å². The summed E-state index contributed by atoms with van der Waals surface area (Å²) in [6.07, 6.45) is 3.57. The zero-order chi connectivity index (χ0) is 16.0. The van der Waals surface area contributed by atoms with Gasteiger partial charge in [-0.15, -0.1) is 0 Å². The second-order valence-corrected chi connectivity index (χ2v) is 7.74. The molecular formula is C19H28N2OS. The molecule has 1 aromatic rings. The van der Waals surface area contributed by atoms with Crippen LogP contribution in [0.1, 0.15) is 18.9 Å². The van der Waals surface area contributed by atoms with E-state index >= 15 is 0 Å². The van der Waals surface area contributed by atoms with Crippen molar-refractivity contribution in [3.05, 3.63) is 41.5 Å². The predicted molar refractivity (Wildman–Crippen MR) is 100 cm³/mol. The zero-order valence-corrected chi connectivity index (χ0v) is 14.9. The largest absolute Gasteiger partial charge is 0.379 e. The van der Waals surface area contributed by atoms with Gasteiger partial charge in [-0.05, 0) is 24.7 Å². The number of hydrogen-bond donors (Lipinski definition) is 1. The first kappa shape index (κ1) is 17.0. The molecular weight excluding hydrogens is 304 g/mol. The van der Waals surface area contributed by atoms with Crippen LogP contribution in [0.5, 0.6) is 0 Å². The Kier molecular flexibility index (Phi) is 6.17. The van der Waals surface area contributed by atoms with E-state index in [4.69, 9.17) is 4.74 Å². The van der Waals surface area contributed by atoms with Crippen molar-refractivity contribution in [2.45, 2.75) is 18.9 Å². The monoisotopic (exact) mass is 332 g/mol. The highest BCUT2D eigenvalue weighted by Crippen LogP contribution is 2.33. The number of nitrogens with one attached hydrogen (secondary N) is 1. The predicted octanol–water partition coefficient (Wildman–Crippen LogP) is 2.89. The number of morpholine rings is 1. The molecule has 2 saturated heterocycles. The zero-order valence-electron chi connectivity index (χ0n) is 14.1. The van der Waals surface area contributed by atoms with Crippen LogP contribution in [0.4, 0.5) is 0 Å². The molecule has 1 aromatic carbocycles. The minimum Gasteiger partial charge on any atom is -0.379 e. The molecule has 4 heteroatoms. The first-order valence-electron chi connectivity index (χ1n) is 8.62. The Morgan fingerprint density at radius 2 is 2.09 bits per heavy atom. The Morgan fingerprint density at radius 1 is 1.30 bits per heavy atom. The van der Waals surface area contributed by atoms with E-state index in [-0.39, 0.29) is 0 Å². The smallest absolute Gasteiger partial charge is 0.0594 e. The van der Waals surface area contributed by atoms with Gasteiger partial charge in [0.15, 0.2) is 0 Å². The van der Waals surface area contributed by atoms with Crippen LogP contribution in [0, 0.1) is 0 Å². The number of thioether (sulfide) groups is 1. The average molecular weight is 333 g/mol. The van der Waals surface area contributed by atoms with Crippen LogP contribution in [0.15, 0.2) is 35.9 Å². The van der Waals surface area contributed by atoms with Crippen molar-refractivity contribution in [1.29, 1.82) is 0 Å². The van der Waals surface area contributed by atoms with Crippen LogP contribution >= 0.6 is 11.8 Å². The van der Waals surface area contributed by atoms with Gasteiger partial charge in [0.2, 0.25) is 0 Å². The van der Waals surface area contributed by atoms with Crippen molar-refractivity contribution >= 4 is 17.8 Å². The molecule has 0 saturated carbocycles. The normalized spacial score (nSPS) is 26.6. The van der Waals surface area contributed by atoms with Gasteiger partial charge in [-0.1, -0.05) is 42.0 Å². The lowest BCUT2D eigenvalue weighted by Gasteiger charge is -2.43. The topological polar surface area (TPSA) is 24.5 Å². The molecule has 0 spiro atoms. The molecule has 1 atom stereocenters. The summed E-state index contributed by atoms with van der Waals surface area (Å²) >= 11 is 2.10. The average Bonchev–Trinajstić information content (AvgIpc) is 3.07. The SMILES string of the molecule is C/C(=C/c1ccccc1)CNCC1(N2CCOCC2)CCSC1. The van der Waals surface area contributed by atoms with Gasteiger partial charge in [0.25, 0.3) is 0 Å². The highest BCUT2D eigenvalue weighted by Gasteiger charge is 2.40. The van der Waals surface area contributed by atoms with E-state index in [9.17, 15) is 0 Å². The maximum absolute atomic E-state index is 5.54. The molecule has 0 bridgehead atoms. The quantitative estimate of drug-likeness (QED) is 0.866. The van der Waals surface area contributed by atoms with Gasteiger partial charge in [-0.2, -0.15) is 11.8 Å². The van der Waals surface area contributed by atoms with Crippen LogP contribution in [0.3, 0.4) is 0 Å². The number of nitrogens with zero attached hydrogens (tertiary/aromatic N) is 1. The highest BCUT2D eigenvalue weighted by atomic mass is 32.2. The van der Waals surface area contributed by atoms with Crippen molar-refractivity contribution in [2.24, 2.45) is 0 Å². The van der Waals surface area contributed by atoms with Crippen molar-refractivity contribution < 1.29 is 4.74 Å². The molecule has 126 valence electrons. The fourth-order valence-corrected chi connectivity index (χ4v) is 4.99. The lowest BCUT2D eigenvalue weighted by atomic mass is 9.95. The molecule has 2 aliphatic heterocycles. The molecule has 1 N–H and O–H groups in total. The molecule has 3 nitrogen and oxygen atoms in total. The van der Waals surface area contributed by atoms with Gasteiger partial charge in [0.05, 0.1) is 13.2 Å². The molecule has 0 amide bonds. The summed E-state index contributed by atoms with van der Waals surface area (Å²) in [4.78, 5) is 2.67. The minimum atomic E-state index is 0.335. The van der Waals surface area contributed by atoms with Crippen LogP contribution in [0.25, 0.3) is 6.08 Å². The summed E-state index contributed by atoms with van der Waals surface area (Å²) in [5, 5.41) is 3.72. The van der Waals surface area contributed by atoms with E-state index in [1.165, 1.54) is 29.1 Å². The van der Waals surface area contributed by atoms with E-state index in [0.717, 1.165) is 39.4 Å². The number of ether oxygens (including phenoxy) is 1. The molecule has 2 heterocycles. The molecule has 1 unspecified atom stereocenters. The second kappa shape index (κ2) is 8.34. The summed E-state index contributed by atoms with van der Waals surface area (Å²) in [5.74, 6) is 2.54. The third kappa shape index (κ3) is 4.60. The lowest BCUT2D eigenvalue weighted by molar-refractivity contribution is -0.0130. The third-order valence-corrected chi connectivity index (χ3v) is 6.07. The highest BCUT2D eigenvalue weighted by molar-refractivity contribution is 7.99. The Morgan fingerprint density at radius 3 is 2.78 bits per heavy atom. The Labute approximate surface area is 144 Å². The summed E-state index contributed by atoms with van der Waals surface area (Å²) in [6, 6.07) is 10.6. The Balaban J connectivity index is 1.54. The standard InChI is InChI=1S/C19H28N2OS/c1-17(13-18-5-3-2-4-6-18)14-20-15-19(7-12-23-16-19)21-8-10-22-11-9-21/h2-6,13,20H,7-12,14-16H2,1H3/b17-13-. The first-order chi connectivity index (χ1) is 11.3. The molecule has 0 radical (unpaired) electrons. The lowest BCUT2D eigenvalue weighted by Crippen LogP contribution is -2.58. The second-order valence-electron chi connectivity index (χ2n) is 6.63. The summed E-state index contributed by atoms with van der Waals surface area (Å²) in [5.41, 5.74) is 3.01. The molecule has 0 aliphatic carbocycles. The molecule has 0 aromatic heterocycles. The molecule has 2 aliphatic rings. The van der Waals surface area contributed by atoms with E-state index in [1.807, 2.05) is 0 Å². The van der Waals surface area contributed by atoms with Crippen molar-refractivity contribution in [2.75, 3.05) is 50.9 Å². The number of hydrogen-bond acceptors (Lipinski definition) is 4. The van der Waals surface area contributed by atoms with Gasteiger partial charge in [-0.25, -0.2) is 0 Å². The molecule has 3 rings (SSSR count). The van der Waals surface area contributed by atoms with Crippen LogP contribution in [-0.4, -0.2) is 61.3 Å². The first-order valence-corrected chi connectivity index (χ1v) is 9.77. The van der Waals surface area contributed by atoms with Crippen LogP contribution in [0.2, 0.25) is 0 Å². The molecule has 2 fully saturated rings. The van der Waals surface area contributed by atoms with Gasteiger partial charge < -0.3 is 10.1 Å². The number of benzene rings is 1. The minimum absolute atomic E-state index is 0.335. The fraction of sp³-hybridized carbons (Fsp3) is 0.579. The van der Waals surface area contributed by atoms with E-state index in [0.29, 0.717) is 5.54 Å². The van der Waals surface area contributed by atoms with E-state index < -0.39 is 0 Å². The van der Waals surface area contributed by atoms with Crippen LogP contribution < -0.4 is 5.32 Å². The van der Waals surface area contributed by atoms with Gasteiger partial charge in [0.1, 0.15) is 0 Å². The van der Waals surface area contributed by atoms with Crippen LogP contribution in [-0.2, 0) is 4.74 Å². The fourth-order valence-electron chi connectivity index (χ4n) is 3.51. The summed E-state index contributed by atoms with van der Waals surface area (Å²) in [6.45, 7) is 8.21. The van der Waals surface area contributed by atoms with E-state index in [2.05, 4.69) is 65.3 Å². The summed E-state index contributed by atoms with van der Waals surface area (Å²) in [7, 11) is 0. The van der Waals surface area contributed by atoms with Gasteiger partial charge in [0, 0.05) is 37.5 Å². The molecule has 23 heavy (non-hydrogen) atoms.